The second kappa shape index (κ2) is 7.82. The van der Waals surface area contributed by atoms with Gasteiger partial charge in [0.1, 0.15) is 0 Å². The summed E-state index contributed by atoms with van der Waals surface area (Å²) in [5.74, 6) is -0.191. The maximum atomic E-state index is 12.1. The molecule has 1 N–H and O–H groups in total. The summed E-state index contributed by atoms with van der Waals surface area (Å²) in [5, 5.41) is 11.4. The van der Waals surface area contributed by atoms with Crippen LogP contribution in [0.1, 0.15) is 29.3 Å². The van der Waals surface area contributed by atoms with Crippen molar-refractivity contribution < 1.29 is 4.79 Å². The Morgan fingerprint density at radius 1 is 1.15 bits per heavy atom. The largest absolute Gasteiger partial charge is 0.320 e. The van der Waals surface area contributed by atoms with Crippen molar-refractivity contribution in [2.24, 2.45) is 0 Å². The standard InChI is InChI=1S/C20H23N5O/c1-4-25-16(3)18(11-22-25)9-10-20(26)23-19-12-21-24(14-19)13-17-7-5-15(2)6-8-17/h5-12,14H,4,13H2,1-3H3,(H,23,26)/b10-9+. The van der Waals surface area contributed by atoms with E-state index in [0.717, 1.165) is 17.8 Å². The van der Waals surface area contributed by atoms with Crippen LogP contribution in [0.4, 0.5) is 5.69 Å². The second-order valence-corrected chi connectivity index (χ2v) is 6.24. The zero-order valence-electron chi connectivity index (χ0n) is 15.3. The lowest BCUT2D eigenvalue weighted by molar-refractivity contribution is -0.111. The molecule has 0 saturated heterocycles. The zero-order chi connectivity index (χ0) is 18.5. The molecule has 134 valence electrons. The van der Waals surface area contributed by atoms with E-state index in [-0.39, 0.29) is 5.91 Å². The van der Waals surface area contributed by atoms with Crippen LogP contribution in [-0.2, 0) is 17.9 Å². The molecule has 0 bridgehead atoms. The molecule has 26 heavy (non-hydrogen) atoms. The van der Waals surface area contributed by atoms with Crippen LogP contribution in [0.3, 0.4) is 0 Å². The average Bonchev–Trinajstić information content (AvgIpc) is 3.21. The molecule has 0 spiro atoms. The van der Waals surface area contributed by atoms with Crippen molar-refractivity contribution >= 4 is 17.7 Å². The SMILES string of the molecule is CCn1ncc(/C=C/C(=O)Nc2cnn(Cc3ccc(C)cc3)c2)c1C. The Balaban J connectivity index is 1.59. The van der Waals surface area contributed by atoms with E-state index in [2.05, 4.69) is 46.7 Å². The van der Waals surface area contributed by atoms with Crippen LogP contribution in [0, 0.1) is 13.8 Å². The molecule has 0 saturated carbocycles. The van der Waals surface area contributed by atoms with Gasteiger partial charge in [0.15, 0.2) is 0 Å². The summed E-state index contributed by atoms with van der Waals surface area (Å²) in [6.07, 6.45) is 8.54. The van der Waals surface area contributed by atoms with Crippen molar-refractivity contribution in [2.75, 3.05) is 5.32 Å². The molecule has 0 radical (unpaired) electrons. The monoisotopic (exact) mass is 349 g/mol. The lowest BCUT2D eigenvalue weighted by atomic mass is 10.1. The number of hydrogen-bond acceptors (Lipinski definition) is 3. The zero-order valence-corrected chi connectivity index (χ0v) is 15.3. The molecular weight excluding hydrogens is 326 g/mol. The summed E-state index contributed by atoms with van der Waals surface area (Å²) < 4.78 is 3.70. The van der Waals surface area contributed by atoms with Crippen molar-refractivity contribution in [3.8, 4) is 0 Å². The molecule has 2 aromatic heterocycles. The van der Waals surface area contributed by atoms with Gasteiger partial charge in [-0.15, -0.1) is 0 Å². The highest BCUT2D eigenvalue weighted by molar-refractivity contribution is 6.01. The third kappa shape index (κ3) is 4.27. The van der Waals surface area contributed by atoms with Crippen LogP contribution in [0.5, 0.6) is 0 Å². The molecule has 6 nitrogen and oxygen atoms in total. The molecule has 0 aliphatic carbocycles. The molecule has 0 unspecified atom stereocenters. The molecule has 3 aromatic rings. The fraction of sp³-hybridized carbons (Fsp3) is 0.250. The van der Waals surface area contributed by atoms with Gasteiger partial charge in [0, 0.05) is 30.1 Å². The number of nitrogens with zero attached hydrogens (tertiary/aromatic N) is 4. The average molecular weight is 349 g/mol. The van der Waals surface area contributed by atoms with Crippen LogP contribution >= 0.6 is 0 Å². The topological polar surface area (TPSA) is 64.7 Å². The van der Waals surface area contributed by atoms with Gasteiger partial charge < -0.3 is 5.32 Å². The maximum absolute atomic E-state index is 12.1. The minimum atomic E-state index is -0.191. The molecule has 0 aliphatic heterocycles. The van der Waals surface area contributed by atoms with E-state index in [4.69, 9.17) is 0 Å². The van der Waals surface area contributed by atoms with Gasteiger partial charge in [0.05, 0.1) is 24.6 Å². The summed E-state index contributed by atoms with van der Waals surface area (Å²) in [6, 6.07) is 8.32. The third-order valence-electron chi connectivity index (χ3n) is 4.22. The van der Waals surface area contributed by atoms with Crippen LogP contribution in [-0.4, -0.2) is 25.5 Å². The number of rotatable bonds is 6. The van der Waals surface area contributed by atoms with E-state index in [1.807, 2.05) is 24.7 Å². The van der Waals surface area contributed by atoms with E-state index in [1.54, 1.807) is 23.2 Å². The van der Waals surface area contributed by atoms with E-state index in [9.17, 15) is 4.79 Å². The van der Waals surface area contributed by atoms with Crippen LogP contribution in [0.25, 0.3) is 6.08 Å². The third-order valence-corrected chi connectivity index (χ3v) is 4.22. The van der Waals surface area contributed by atoms with Gasteiger partial charge in [0.25, 0.3) is 0 Å². The number of aryl methyl sites for hydroxylation is 2. The molecule has 0 atom stereocenters. The van der Waals surface area contributed by atoms with Crippen LogP contribution < -0.4 is 5.32 Å². The highest BCUT2D eigenvalue weighted by Crippen LogP contribution is 2.11. The number of carbonyl (C=O) groups is 1. The number of hydrogen-bond donors (Lipinski definition) is 1. The van der Waals surface area contributed by atoms with Crippen molar-refractivity contribution in [3.63, 3.8) is 0 Å². The minimum absolute atomic E-state index is 0.191. The summed E-state index contributed by atoms with van der Waals surface area (Å²) in [4.78, 5) is 12.1. The maximum Gasteiger partial charge on any atom is 0.248 e. The molecule has 2 heterocycles. The Morgan fingerprint density at radius 2 is 1.92 bits per heavy atom. The fourth-order valence-corrected chi connectivity index (χ4v) is 2.69. The molecule has 0 aliphatic rings. The van der Waals surface area contributed by atoms with Gasteiger partial charge in [-0.05, 0) is 32.4 Å². The first-order chi connectivity index (χ1) is 12.5. The predicted molar refractivity (Wildman–Crippen MR) is 103 cm³/mol. The highest BCUT2D eigenvalue weighted by atomic mass is 16.1. The number of benzene rings is 1. The van der Waals surface area contributed by atoms with E-state index in [0.29, 0.717) is 12.2 Å². The summed E-state index contributed by atoms with van der Waals surface area (Å²) in [5.41, 5.74) is 5.06. The number of anilines is 1. The van der Waals surface area contributed by atoms with Crippen molar-refractivity contribution in [1.29, 1.82) is 0 Å². The number of amides is 1. The summed E-state index contributed by atoms with van der Waals surface area (Å²) in [6.45, 7) is 7.57. The van der Waals surface area contributed by atoms with E-state index in [1.165, 1.54) is 17.2 Å². The molecule has 3 rings (SSSR count). The van der Waals surface area contributed by atoms with Gasteiger partial charge in [-0.25, -0.2) is 0 Å². The number of aromatic nitrogens is 4. The normalized spacial score (nSPS) is 11.2. The Labute approximate surface area is 153 Å². The van der Waals surface area contributed by atoms with Crippen LogP contribution in [0.2, 0.25) is 0 Å². The lowest BCUT2D eigenvalue weighted by Crippen LogP contribution is -2.07. The Morgan fingerprint density at radius 3 is 2.62 bits per heavy atom. The number of carbonyl (C=O) groups excluding carboxylic acids is 1. The Bertz CT molecular complexity index is 918. The number of nitrogens with one attached hydrogen (secondary N) is 1. The van der Waals surface area contributed by atoms with Gasteiger partial charge in [0.2, 0.25) is 5.91 Å². The first kappa shape index (κ1) is 17.7. The molecule has 1 amide bonds. The summed E-state index contributed by atoms with van der Waals surface area (Å²) in [7, 11) is 0. The first-order valence-electron chi connectivity index (χ1n) is 8.64. The van der Waals surface area contributed by atoms with Gasteiger partial charge in [-0.2, -0.15) is 10.2 Å². The molecule has 0 fully saturated rings. The van der Waals surface area contributed by atoms with Crippen LogP contribution in [0.15, 0.2) is 48.9 Å². The predicted octanol–water partition coefficient (Wildman–Crippen LogP) is 3.42. The molecular formula is C20H23N5O. The quantitative estimate of drug-likeness (QED) is 0.694. The van der Waals surface area contributed by atoms with Crippen molar-refractivity contribution in [1.82, 2.24) is 19.6 Å². The lowest BCUT2D eigenvalue weighted by Gasteiger charge is -2.02. The molecule has 6 heteroatoms. The van der Waals surface area contributed by atoms with E-state index < -0.39 is 0 Å². The smallest absolute Gasteiger partial charge is 0.248 e. The Hall–Kier alpha value is -3.15. The second-order valence-electron chi connectivity index (χ2n) is 6.24. The van der Waals surface area contributed by atoms with Crippen molar-refractivity contribution in [3.05, 3.63) is 71.3 Å². The Kier molecular flexibility index (Phi) is 5.31. The van der Waals surface area contributed by atoms with Crippen molar-refractivity contribution in [2.45, 2.75) is 33.9 Å². The first-order valence-corrected chi connectivity index (χ1v) is 8.64. The minimum Gasteiger partial charge on any atom is -0.320 e. The van der Waals surface area contributed by atoms with E-state index >= 15 is 0 Å². The van der Waals surface area contributed by atoms with Gasteiger partial charge in [-0.1, -0.05) is 29.8 Å². The highest BCUT2D eigenvalue weighted by Gasteiger charge is 2.05. The molecule has 1 aromatic carbocycles. The summed E-state index contributed by atoms with van der Waals surface area (Å²) >= 11 is 0. The van der Waals surface area contributed by atoms with Gasteiger partial charge in [-0.3, -0.25) is 14.2 Å². The fourth-order valence-electron chi connectivity index (χ4n) is 2.69. The van der Waals surface area contributed by atoms with Gasteiger partial charge >= 0.3 is 0 Å².